The Morgan fingerprint density at radius 2 is 1.88 bits per heavy atom. The van der Waals surface area contributed by atoms with Crippen molar-refractivity contribution in [3.05, 3.63) is 56.0 Å². The van der Waals surface area contributed by atoms with Crippen LogP contribution in [0.2, 0.25) is 10.0 Å². The summed E-state index contributed by atoms with van der Waals surface area (Å²) in [6.45, 7) is -0.0587. The van der Waals surface area contributed by atoms with Crippen molar-refractivity contribution in [3.8, 4) is 5.88 Å². The number of anilines is 1. The van der Waals surface area contributed by atoms with Gasteiger partial charge in [0.25, 0.3) is 11.8 Å². The zero-order valence-electron chi connectivity index (χ0n) is 15.8. The second-order valence-corrected chi connectivity index (χ2v) is 7.75. The van der Waals surface area contributed by atoms with Gasteiger partial charge in [-0.1, -0.05) is 23.2 Å². The Balaban J connectivity index is 1.65. The fraction of sp³-hybridized carbons (Fsp3) is 0.176. The van der Waals surface area contributed by atoms with Crippen molar-refractivity contribution in [1.82, 2.24) is 25.3 Å². The number of ether oxygens (including phenoxy) is 1. The molecule has 0 saturated heterocycles. The average Bonchev–Trinajstić information content (AvgIpc) is 3.22. The van der Waals surface area contributed by atoms with Crippen LogP contribution in [-0.2, 0) is 12.7 Å². The van der Waals surface area contributed by atoms with Gasteiger partial charge in [-0.15, -0.1) is 11.3 Å². The first-order valence-corrected chi connectivity index (χ1v) is 9.99. The summed E-state index contributed by atoms with van der Waals surface area (Å²) >= 11 is 12.4. The van der Waals surface area contributed by atoms with Gasteiger partial charge < -0.3 is 15.4 Å². The maximum absolute atomic E-state index is 12.9. The third-order valence-corrected chi connectivity index (χ3v) is 5.38. The molecule has 3 aromatic rings. The fourth-order valence-corrected chi connectivity index (χ4v) is 3.52. The van der Waals surface area contributed by atoms with Gasteiger partial charge in [-0.3, -0.25) is 9.59 Å². The van der Waals surface area contributed by atoms with E-state index in [4.69, 9.17) is 27.9 Å². The average molecular weight is 507 g/mol. The number of hydrogen-bond donors (Lipinski definition) is 2. The molecule has 2 amide bonds. The quantitative estimate of drug-likeness (QED) is 0.521. The van der Waals surface area contributed by atoms with Gasteiger partial charge in [0.05, 0.1) is 30.4 Å². The molecule has 2 N–H and O–H groups in total. The summed E-state index contributed by atoms with van der Waals surface area (Å²) in [6.07, 6.45) is -1.59. The van der Waals surface area contributed by atoms with E-state index in [1.54, 1.807) is 0 Å². The Labute approximate surface area is 192 Å². The fourth-order valence-electron chi connectivity index (χ4n) is 2.29. The molecule has 0 aromatic carbocycles. The molecule has 0 fully saturated rings. The second-order valence-electron chi connectivity index (χ2n) is 5.85. The van der Waals surface area contributed by atoms with E-state index in [1.807, 2.05) is 0 Å². The number of aromatic nitrogens is 4. The first-order chi connectivity index (χ1) is 15.1. The molecule has 32 heavy (non-hydrogen) atoms. The maximum Gasteiger partial charge on any atom is 0.418 e. The van der Waals surface area contributed by atoms with Crippen molar-refractivity contribution < 1.29 is 27.5 Å². The Bertz CT molecular complexity index is 1170. The van der Waals surface area contributed by atoms with Gasteiger partial charge in [-0.25, -0.2) is 19.9 Å². The van der Waals surface area contributed by atoms with Crippen molar-refractivity contribution in [1.29, 1.82) is 0 Å². The summed E-state index contributed by atoms with van der Waals surface area (Å²) in [5.74, 6) is -1.65. The molecule has 3 rings (SSSR count). The van der Waals surface area contributed by atoms with Crippen molar-refractivity contribution in [2.24, 2.45) is 0 Å². The number of methoxy groups -OCH3 is 1. The molecular weight excluding hydrogens is 496 g/mol. The van der Waals surface area contributed by atoms with Crippen LogP contribution in [-0.4, -0.2) is 38.9 Å². The van der Waals surface area contributed by atoms with Crippen LogP contribution in [0.1, 0.15) is 30.7 Å². The third kappa shape index (κ3) is 5.41. The molecule has 0 radical (unpaired) electrons. The number of halogens is 5. The zero-order valence-corrected chi connectivity index (χ0v) is 18.2. The Kier molecular flexibility index (Phi) is 7.11. The van der Waals surface area contributed by atoms with Crippen LogP contribution >= 0.6 is 34.5 Å². The van der Waals surface area contributed by atoms with E-state index in [0.29, 0.717) is 11.1 Å². The molecule has 15 heteroatoms. The van der Waals surface area contributed by atoms with E-state index in [1.165, 1.54) is 13.3 Å². The number of nitrogens with zero attached hydrogens (tertiary/aromatic N) is 4. The predicted molar refractivity (Wildman–Crippen MR) is 109 cm³/mol. The molecule has 0 bridgehead atoms. The number of amides is 2. The summed E-state index contributed by atoms with van der Waals surface area (Å²) in [4.78, 5) is 39.9. The number of pyridine rings is 1. The predicted octanol–water partition coefficient (Wildman–Crippen LogP) is 3.84. The van der Waals surface area contributed by atoms with Gasteiger partial charge in [0, 0.05) is 6.20 Å². The van der Waals surface area contributed by atoms with Crippen molar-refractivity contribution >= 4 is 52.2 Å². The number of carbonyl (C=O) groups excluding carboxylic acids is 2. The largest absolute Gasteiger partial charge is 0.480 e. The van der Waals surface area contributed by atoms with E-state index in [-0.39, 0.29) is 33.8 Å². The lowest BCUT2D eigenvalue weighted by molar-refractivity contribution is -0.137. The number of alkyl halides is 3. The van der Waals surface area contributed by atoms with Crippen LogP contribution in [0.25, 0.3) is 0 Å². The van der Waals surface area contributed by atoms with Gasteiger partial charge in [0.15, 0.2) is 5.69 Å². The molecule has 168 valence electrons. The highest BCUT2D eigenvalue weighted by molar-refractivity contribution is 7.13. The van der Waals surface area contributed by atoms with Gasteiger partial charge in [-0.05, 0) is 6.07 Å². The molecule has 0 aliphatic carbocycles. The number of hydrogen-bond acceptors (Lipinski definition) is 8. The highest BCUT2D eigenvalue weighted by atomic mass is 35.5. The lowest BCUT2D eigenvalue weighted by Crippen LogP contribution is -2.24. The van der Waals surface area contributed by atoms with E-state index in [2.05, 4.69) is 30.6 Å². The summed E-state index contributed by atoms with van der Waals surface area (Å²) in [5.41, 5.74) is -1.24. The third-order valence-electron chi connectivity index (χ3n) is 3.75. The Morgan fingerprint density at radius 1 is 1.12 bits per heavy atom. The van der Waals surface area contributed by atoms with Gasteiger partial charge >= 0.3 is 6.18 Å². The molecule has 0 aliphatic rings. The highest BCUT2D eigenvalue weighted by Gasteiger charge is 2.34. The maximum atomic E-state index is 12.9. The van der Waals surface area contributed by atoms with Crippen LogP contribution in [0.5, 0.6) is 5.88 Å². The molecule has 0 atom stereocenters. The van der Waals surface area contributed by atoms with Crippen molar-refractivity contribution in [3.63, 3.8) is 0 Å². The van der Waals surface area contributed by atoms with Crippen LogP contribution in [0.15, 0.2) is 24.8 Å². The Hall–Kier alpha value is -3.03. The number of nitrogens with one attached hydrogen (secondary N) is 2. The Morgan fingerprint density at radius 3 is 2.56 bits per heavy atom. The lowest BCUT2D eigenvalue weighted by Gasteiger charge is -2.10. The molecule has 0 aliphatic heterocycles. The summed E-state index contributed by atoms with van der Waals surface area (Å²) in [6, 6.07) is 0.627. The summed E-state index contributed by atoms with van der Waals surface area (Å²) < 4.78 is 43.7. The minimum absolute atomic E-state index is 0.0320. The number of carbonyl (C=O) groups is 2. The molecule has 3 heterocycles. The van der Waals surface area contributed by atoms with Crippen LogP contribution < -0.4 is 15.4 Å². The minimum atomic E-state index is -4.70. The second kappa shape index (κ2) is 9.63. The molecule has 0 saturated carbocycles. The van der Waals surface area contributed by atoms with Crippen LogP contribution in [0.4, 0.5) is 19.0 Å². The first-order valence-electron chi connectivity index (χ1n) is 8.41. The normalized spacial score (nSPS) is 11.2. The van der Waals surface area contributed by atoms with Crippen LogP contribution in [0, 0.1) is 0 Å². The molecule has 9 nitrogen and oxygen atoms in total. The summed E-state index contributed by atoms with van der Waals surface area (Å²) in [5, 5.41) is 4.47. The SMILES string of the molecule is COc1ncnc(C(=O)NCc2ncc(C(=O)Nc3cc(C(F)(F)F)c(Cl)cn3)s2)c1Cl. The zero-order chi connectivity index (χ0) is 23.5. The first kappa shape index (κ1) is 23.6. The van der Waals surface area contributed by atoms with E-state index < -0.39 is 28.6 Å². The van der Waals surface area contributed by atoms with Crippen molar-refractivity contribution in [2.45, 2.75) is 12.7 Å². The van der Waals surface area contributed by atoms with E-state index in [0.717, 1.165) is 23.9 Å². The minimum Gasteiger partial charge on any atom is -0.480 e. The van der Waals surface area contributed by atoms with E-state index in [9.17, 15) is 22.8 Å². The van der Waals surface area contributed by atoms with Gasteiger partial charge in [-0.2, -0.15) is 13.2 Å². The van der Waals surface area contributed by atoms with Gasteiger partial charge in [0.2, 0.25) is 5.88 Å². The van der Waals surface area contributed by atoms with Crippen molar-refractivity contribution in [2.75, 3.05) is 12.4 Å². The molecular formula is C17H11Cl2F3N6O3S. The van der Waals surface area contributed by atoms with E-state index >= 15 is 0 Å². The highest BCUT2D eigenvalue weighted by Crippen LogP contribution is 2.35. The standard InChI is InChI=1S/C17H11Cl2F3N6O3S/c1-31-16-12(19)13(26-6-27-16)15(30)25-5-11-24-4-9(32-11)14(29)28-10-2-7(17(20,21)22)8(18)3-23-10/h2-4,6H,5H2,1H3,(H,25,30)(H,23,28,29). The lowest BCUT2D eigenvalue weighted by atomic mass is 10.2. The van der Waals surface area contributed by atoms with Gasteiger partial charge in [0.1, 0.15) is 27.1 Å². The van der Waals surface area contributed by atoms with Crippen LogP contribution in [0.3, 0.4) is 0 Å². The molecule has 0 unspecified atom stereocenters. The smallest absolute Gasteiger partial charge is 0.418 e. The summed E-state index contributed by atoms with van der Waals surface area (Å²) in [7, 11) is 1.33. The number of rotatable bonds is 6. The molecule has 0 spiro atoms. The monoisotopic (exact) mass is 506 g/mol. The topological polar surface area (TPSA) is 119 Å². The molecule has 3 aromatic heterocycles. The number of thiazole rings is 1.